The molecule has 2 aromatic rings. The number of nitrogens with zero attached hydrogens (tertiary/aromatic N) is 2. The van der Waals surface area contributed by atoms with Gasteiger partial charge in [0.25, 0.3) is 5.56 Å². The number of aliphatic hydroxyl groups is 3. The third-order valence-corrected chi connectivity index (χ3v) is 4.13. The van der Waals surface area contributed by atoms with E-state index >= 15 is 0 Å². The topological polar surface area (TPSA) is 147 Å². The van der Waals surface area contributed by atoms with Crippen LogP contribution in [0.5, 0.6) is 0 Å². The predicted octanol–water partition coefficient (Wildman–Crippen LogP) is -1.16. The van der Waals surface area contributed by atoms with Crippen molar-refractivity contribution in [2.45, 2.75) is 44.0 Å². The molecule has 10 heteroatoms. The third kappa shape index (κ3) is 2.49. The van der Waals surface area contributed by atoms with Crippen LogP contribution in [0.2, 0.25) is 0 Å². The van der Waals surface area contributed by atoms with E-state index in [1.54, 1.807) is 0 Å². The van der Waals surface area contributed by atoms with Crippen LogP contribution < -0.4 is 11.3 Å². The number of nitrogen functional groups attached to an aromatic ring is 1. The predicted molar refractivity (Wildman–Crippen MR) is 84.7 cm³/mol. The summed E-state index contributed by atoms with van der Waals surface area (Å²) >= 11 is 0. The fourth-order valence-electron chi connectivity index (χ4n) is 3.02. The van der Waals surface area contributed by atoms with E-state index < -0.39 is 41.5 Å². The Bertz CT molecular complexity index is 943. The third-order valence-electron chi connectivity index (χ3n) is 4.13. The van der Waals surface area contributed by atoms with Crippen LogP contribution in [0.3, 0.4) is 0 Å². The lowest BCUT2D eigenvalue weighted by Crippen LogP contribution is -2.47. The Hall–Kier alpha value is -2.45. The van der Waals surface area contributed by atoms with Crippen LogP contribution in [0.4, 0.5) is 10.3 Å². The molecule has 0 saturated carbocycles. The highest BCUT2D eigenvalue weighted by molar-refractivity contribution is 5.77. The molecule has 1 saturated heterocycles. The number of hydrogen-bond acceptors (Lipinski definition) is 7. The number of H-pyrrole nitrogens is 1. The number of rotatable bonds is 2. The molecule has 5 atom stereocenters. The minimum atomic E-state index is -2.16. The highest BCUT2D eigenvalue weighted by Gasteiger charge is 2.57. The van der Waals surface area contributed by atoms with Crippen LogP contribution in [-0.2, 0) is 4.74 Å². The van der Waals surface area contributed by atoms with Crippen molar-refractivity contribution in [3.05, 3.63) is 22.4 Å². The zero-order valence-corrected chi connectivity index (χ0v) is 13.4. The number of nitrogens with one attached hydrogen (secondary N) is 1. The van der Waals surface area contributed by atoms with Gasteiger partial charge >= 0.3 is 0 Å². The summed E-state index contributed by atoms with van der Waals surface area (Å²) in [6.07, 6.45) is -4.43. The molecular formula is C15H17FN4O5. The average Bonchev–Trinajstić information content (AvgIpc) is 2.96. The number of ether oxygens (including phenoxy) is 1. The molecule has 134 valence electrons. The average molecular weight is 352 g/mol. The van der Waals surface area contributed by atoms with Crippen LogP contribution >= 0.6 is 0 Å². The first-order valence-electron chi connectivity index (χ1n) is 7.44. The minimum absolute atomic E-state index is 0.182. The van der Waals surface area contributed by atoms with Gasteiger partial charge in [0.1, 0.15) is 17.6 Å². The SMILES string of the molecule is CC#C[C@@]1(O)C(O)[C@@H]([C@H](C)O)O[C@H]1n1cc(F)c2c(=O)[nH]c(N)nc21. The molecule has 0 spiro atoms. The summed E-state index contributed by atoms with van der Waals surface area (Å²) in [7, 11) is 0. The Morgan fingerprint density at radius 3 is 2.88 bits per heavy atom. The van der Waals surface area contributed by atoms with Crippen molar-refractivity contribution in [2.75, 3.05) is 5.73 Å². The van der Waals surface area contributed by atoms with E-state index in [2.05, 4.69) is 21.8 Å². The largest absolute Gasteiger partial charge is 0.391 e. The zero-order chi connectivity index (χ0) is 18.5. The van der Waals surface area contributed by atoms with Gasteiger partial charge < -0.3 is 25.8 Å². The van der Waals surface area contributed by atoms with Crippen molar-refractivity contribution in [2.24, 2.45) is 0 Å². The maximum Gasteiger partial charge on any atom is 0.264 e. The number of halogens is 1. The summed E-state index contributed by atoms with van der Waals surface area (Å²) in [4.78, 5) is 18.0. The number of aliphatic hydroxyl groups excluding tert-OH is 2. The monoisotopic (exact) mass is 352 g/mol. The molecule has 0 bridgehead atoms. The van der Waals surface area contributed by atoms with Gasteiger partial charge in [0.15, 0.2) is 23.3 Å². The Labute approximate surface area is 140 Å². The lowest BCUT2D eigenvalue weighted by atomic mass is 9.93. The number of hydrogen-bond donors (Lipinski definition) is 5. The normalized spacial score (nSPS) is 30.2. The van der Waals surface area contributed by atoms with Crippen LogP contribution in [0.15, 0.2) is 11.0 Å². The highest BCUT2D eigenvalue weighted by Crippen LogP contribution is 2.41. The molecule has 25 heavy (non-hydrogen) atoms. The van der Waals surface area contributed by atoms with Crippen LogP contribution in [-0.4, -0.2) is 53.8 Å². The van der Waals surface area contributed by atoms with Gasteiger partial charge in [-0.1, -0.05) is 5.92 Å². The second-order valence-electron chi connectivity index (χ2n) is 5.87. The van der Waals surface area contributed by atoms with Crippen molar-refractivity contribution in [3.8, 4) is 11.8 Å². The number of nitrogens with two attached hydrogens (primary N) is 1. The molecule has 6 N–H and O–H groups in total. The molecule has 1 fully saturated rings. The molecule has 3 rings (SSSR count). The smallest absolute Gasteiger partial charge is 0.264 e. The Balaban J connectivity index is 2.25. The van der Waals surface area contributed by atoms with Crippen LogP contribution in [0.25, 0.3) is 11.0 Å². The zero-order valence-electron chi connectivity index (χ0n) is 13.4. The van der Waals surface area contributed by atoms with E-state index in [1.807, 2.05) is 0 Å². The van der Waals surface area contributed by atoms with Gasteiger partial charge in [-0.2, -0.15) is 4.98 Å². The van der Waals surface area contributed by atoms with Crippen molar-refractivity contribution in [1.82, 2.24) is 14.5 Å². The molecule has 1 aliphatic rings. The first-order chi connectivity index (χ1) is 11.7. The van der Waals surface area contributed by atoms with Gasteiger partial charge in [-0.15, -0.1) is 5.92 Å². The second-order valence-corrected chi connectivity index (χ2v) is 5.87. The van der Waals surface area contributed by atoms with E-state index in [0.29, 0.717) is 0 Å². The molecule has 3 heterocycles. The van der Waals surface area contributed by atoms with Crippen molar-refractivity contribution >= 4 is 17.0 Å². The fourth-order valence-corrected chi connectivity index (χ4v) is 3.02. The maximum absolute atomic E-state index is 14.2. The molecule has 2 aromatic heterocycles. The van der Waals surface area contributed by atoms with Gasteiger partial charge in [-0.05, 0) is 13.8 Å². The lowest BCUT2D eigenvalue weighted by Gasteiger charge is -2.26. The maximum atomic E-state index is 14.2. The molecule has 1 aliphatic heterocycles. The Kier molecular flexibility index (Phi) is 4.04. The van der Waals surface area contributed by atoms with Gasteiger partial charge in [0.2, 0.25) is 5.95 Å². The van der Waals surface area contributed by atoms with Crippen molar-refractivity contribution in [1.29, 1.82) is 0 Å². The Morgan fingerprint density at radius 2 is 2.28 bits per heavy atom. The van der Waals surface area contributed by atoms with E-state index in [4.69, 9.17) is 10.5 Å². The summed E-state index contributed by atoms with van der Waals surface area (Å²) in [5.41, 5.74) is 2.37. The summed E-state index contributed by atoms with van der Waals surface area (Å²) in [6, 6.07) is 0. The molecule has 0 amide bonds. The number of anilines is 1. The van der Waals surface area contributed by atoms with Gasteiger partial charge in [0, 0.05) is 6.20 Å². The molecule has 1 unspecified atom stereocenters. The number of aromatic amines is 1. The summed E-state index contributed by atoms with van der Waals surface area (Å²) in [5.74, 6) is 3.75. The van der Waals surface area contributed by atoms with Crippen LogP contribution in [0.1, 0.15) is 20.1 Å². The number of fused-ring (bicyclic) bond motifs is 1. The summed E-state index contributed by atoms with van der Waals surface area (Å²) in [5, 5.41) is 30.6. The van der Waals surface area contributed by atoms with Crippen molar-refractivity contribution in [3.63, 3.8) is 0 Å². The summed E-state index contributed by atoms with van der Waals surface area (Å²) < 4.78 is 20.8. The van der Waals surface area contributed by atoms with Crippen LogP contribution in [0, 0.1) is 17.7 Å². The van der Waals surface area contributed by atoms with E-state index in [0.717, 1.165) is 10.8 Å². The Morgan fingerprint density at radius 1 is 1.60 bits per heavy atom. The molecule has 0 aromatic carbocycles. The highest BCUT2D eigenvalue weighted by atomic mass is 19.1. The van der Waals surface area contributed by atoms with E-state index in [9.17, 15) is 24.5 Å². The van der Waals surface area contributed by atoms with Crippen molar-refractivity contribution < 1.29 is 24.4 Å². The second kappa shape index (κ2) is 5.82. The molecule has 0 radical (unpaired) electrons. The van der Waals surface area contributed by atoms with Gasteiger partial charge in [-0.25, -0.2) is 4.39 Å². The summed E-state index contributed by atoms with van der Waals surface area (Å²) in [6.45, 7) is 2.80. The fraction of sp³-hybridized carbons (Fsp3) is 0.467. The molecular weight excluding hydrogens is 335 g/mol. The minimum Gasteiger partial charge on any atom is -0.391 e. The quantitative estimate of drug-likeness (QED) is 0.428. The standard InChI is InChI=1S/C15H17FN4O5/c1-3-4-15(24)10(22)9(6(2)21)25-13(15)20-5-7(16)8-11(20)18-14(17)19-12(8)23/h5-6,9-10,13,21-22,24H,1-2H3,(H3,17,18,19,23)/t6-,9+,10?,13+,15+/m0/s1. The molecule has 9 nitrogen and oxygen atoms in total. The van der Waals surface area contributed by atoms with E-state index in [-0.39, 0.29) is 17.0 Å². The molecule has 0 aliphatic carbocycles. The lowest BCUT2D eigenvalue weighted by molar-refractivity contribution is -0.0846. The first kappa shape index (κ1) is 17.4. The van der Waals surface area contributed by atoms with Gasteiger partial charge in [0.05, 0.1) is 6.10 Å². The van der Waals surface area contributed by atoms with Gasteiger partial charge in [-0.3, -0.25) is 14.3 Å². The number of aromatic nitrogens is 3. The first-order valence-corrected chi connectivity index (χ1v) is 7.44. The van der Waals surface area contributed by atoms with E-state index in [1.165, 1.54) is 13.8 Å².